The zero-order chi connectivity index (χ0) is 28.8. The number of aliphatic carboxylic acids is 1. The lowest BCUT2D eigenvalue weighted by Crippen LogP contribution is -2.16. The van der Waals surface area contributed by atoms with Crippen LogP contribution in [0.4, 0.5) is 13.2 Å². The van der Waals surface area contributed by atoms with Crippen LogP contribution in [0.5, 0.6) is 11.5 Å². The number of aryl methyl sites for hydroxylation is 2. The molecule has 0 saturated heterocycles. The molecule has 39 heavy (non-hydrogen) atoms. The molecule has 0 aliphatic rings. The van der Waals surface area contributed by atoms with E-state index in [1.807, 2.05) is 19.1 Å². The summed E-state index contributed by atoms with van der Waals surface area (Å²) in [6.07, 6.45) is -2.24. The molecule has 0 aliphatic carbocycles. The van der Waals surface area contributed by atoms with E-state index >= 15 is 0 Å². The van der Waals surface area contributed by atoms with Gasteiger partial charge in [-0.05, 0) is 78.9 Å². The van der Waals surface area contributed by atoms with Crippen LogP contribution < -0.4 is 9.47 Å². The summed E-state index contributed by atoms with van der Waals surface area (Å²) in [4.78, 5) is 10.9. The standard InChI is InChI=1S/C29H31F3O6S/c1-4-20-17-24(10-5-21(20)8-14-28(33)34)37-16-15-19(2)38-27-13-9-23(29(30,31)32)18-26(27)22-6-11-25(12-7-22)39(3,35)36/h5-7,9-13,17-19H,4,8,14-16H2,1-3H3,(H,33,34)/t19-/m1/s1. The molecule has 0 bridgehead atoms. The third-order valence-electron chi connectivity index (χ3n) is 6.19. The van der Waals surface area contributed by atoms with Crippen molar-refractivity contribution in [2.24, 2.45) is 0 Å². The van der Waals surface area contributed by atoms with E-state index < -0.39 is 33.7 Å². The zero-order valence-corrected chi connectivity index (χ0v) is 22.7. The summed E-state index contributed by atoms with van der Waals surface area (Å²) in [5.41, 5.74) is 1.72. The molecule has 6 nitrogen and oxygen atoms in total. The van der Waals surface area contributed by atoms with Crippen LogP contribution in [0.3, 0.4) is 0 Å². The number of carboxylic acid groups (broad SMARTS) is 1. The first kappa shape index (κ1) is 30.0. The Balaban J connectivity index is 1.72. The highest BCUT2D eigenvalue weighted by molar-refractivity contribution is 7.90. The molecule has 0 heterocycles. The molecule has 1 atom stereocenters. The van der Waals surface area contributed by atoms with Gasteiger partial charge in [-0.1, -0.05) is 25.1 Å². The monoisotopic (exact) mass is 564 g/mol. The highest BCUT2D eigenvalue weighted by Gasteiger charge is 2.31. The number of benzene rings is 3. The van der Waals surface area contributed by atoms with Crippen molar-refractivity contribution in [2.75, 3.05) is 12.9 Å². The number of sulfone groups is 1. The van der Waals surface area contributed by atoms with Crippen LogP contribution in [0.25, 0.3) is 11.1 Å². The lowest BCUT2D eigenvalue weighted by molar-refractivity contribution is -0.138. The molecule has 210 valence electrons. The molecule has 0 saturated carbocycles. The second-order valence-corrected chi connectivity index (χ2v) is 11.3. The van der Waals surface area contributed by atoms with E-state index in [9.17, 15) is 26.4 Å². The quantitative estimate of drug-likeness (QED) is 0.267. The Bertz CT molecular complexity index is 1400. The first-order valence-electron chi connectivity index (χ1n) is 12.4. The zero-order valence-electron chi connectivity index (χ0n) is 21.9. The van der Waals surface area contributed by atoms with E-state index in [1.54, 1.807) is 13.0 Å². The molecule has 10 heteroatoms. The highest BCUT2D eigenvalue weighted by Crippen LogP contribution is 2.38. The second kappa shape index (κ2) is 12.5. The van der Waals surface area contributed by atoms with Crippen molar-refractivity contribution in [1.82, 2.24) is 0 Å². The molecule has 0 unspecified atom stereocenters. The Morgan fingerprint density at radius 2 is 1.69 bits per heavy atom. The third kappa shape index (κ3) is 8.48. The van der Waals surface area contributed by atoms with Crippen molar-refractivity contribution in [1.29, 1.82) is 0 Å². The van der Waals surface area contributed by atoms with Crippen molar-refractivity contribution >= 4 is 15.8 Å². The molecule has 0 aromatic heterocycles. The summed E-state index contributed by atoms with van der Waals surface area (Å²) in [6, 6.07) is 14.4. The Hall–Kier alpha value is -3.53. The minimum atomic E-state index is -4.56. The number of carbonyl (C=O) groups is 1. The largest absolute Gasteiger partial charge is 0.493 e. The van der Waals surface area contributed by atoms with E-state index in [2.05, 4.69) is 0 Å². The van der Waals surface area contributed by atoms with Crippen molar-refractivity contribution < 1.29 is 41.0 Å². The Morgan fingerprint density at radius 1 is 1.00 bits per heavy atom. The maximum atomic E-state index is 13.4. The molecule has 3 rings (SSSR count). The van der Waals surface area contributed by atoms with Gasteiger partial charge in [0, 0.05) is 24.7 Å². The van der Waals surface area contributed by atoms with Gasteiger partial charge in [-0.25, -0.2) is 8.42 Å². The van der Waals surface area contributed by atoms with Crippen molar-refractivity contribution in [3.8, 4) is 22.6 Å². The summed E-state index contributed by atoms with van der Waals surface area (Å²) < 4.78 is 75.7. The Kier molecular flexibility index (Phi) is 9.66. The summed E-state index contributed by atoms with van der Waals surface area (Å²) in [5.74, 6) is 0.0199. The van der Waals surface area contributed by atoms with Crippen LogP contribution in [0.1, 0.15) is 43.4 Å². The summed E-state index contributed by atoms with van der Waals surface area (Å²) >= 11 is 0. The molecule has 3 aromatic rings. The summed E-state index contributed by atoms with van der Waals surface area (Å²) in [6.45, 7) is 4.05. The molecular formula is C29H31F3O6S. The van der Waals surface area contributed by atoms with Crippen LogP contribution in [0.15, 0.2) is 65.6 Å². The molecule has 0 radical (unpaired) electrons. The first-order valence-corrected chi connectivity index (χ1v) is 14.3. The number of carboxylic acids is 1. The number of hydrogen-bond acceptors (Lipinski definition) is 5. The van der Waals surface area contributed by atoms with Gasteiger partial charge in [0.25, 0.3) is 0 Å². The van der Waals surface area contributed by atoms with E-state index in [0.717, 1.165) is 35.9 Å². The Morgan fingerprint density at radius 3 is 2.28 bits per heavy atom. The number of hydrogen-bond donors (Lipinski definition) is 1. The van der Waals surface area contributed by atoms with Crippen molar-refractivity contribution in [2.45, 2.75) is 56.7 Å². The average Bonchev–Trinajstić information content (AvgIpc) is 2.86. The maximum Gasteiger partial charge on any atom is 0.416 e. The molecule has 3 aromatic carbocycles. The summed E-state index contributed by atoms with van der Waals surface area (Å²) in [5, 5.41) is 8.93. The number of alkyl halides is 3. The second-order valence-electron chi connectivity index (χ2n) is 9.25. The van der Waals surface area contributed by atoms with Gasteiger partial charge in [0.15, 0.2) is 9.84 Å². The van der Waals surface area contributed by atoms with Crippen LogP contribution in [-0.2, 0) is 33.6 Å². The predicted molar refractivity (Wildman–Crippen MR) is 142 cm³/mol. The van der Waals surface area contributed by atoms with Crippen LogP contribution in [-0.4, -0.2) is 38.5 Å². The van der Waals surface area contributed by atoms with Gasteiger partial charge < -0.3 is 14.6 Å². The minimum absolute atomic E-state index is 0.0514. The maximum absolute atomic E-state index is 13.4. The van der Waals surface area contributed by atoms with E-state index in [1.165, 1.54) is 30.3 Å². The molecule has 0 fully saturated rings. The minimum Gasteiger partial charge on any atom is -0.493 e. The van der Waals surface area contributed by atoms with Gasteiger partial charge in [-0.15, -0.1) is 0 Å². The number of ether oxygens (including phenoxy) is 2. The smallest absolute Gasteiger partial charge is 0.416 e. The topological polar surface area (TPSA) is 89.9 Å². The van der Waals surface area contributed by atoms with Crippen LogP contribution in [0.2, 0.25) is 0 Å². The molecule has 0 amide bonds. The van der Waals surface area contributed by atoms with Gasteiger partial charge in [-0.3, -0.25) is 4.79 Å². The SMILES string of the molecule is CCc1cc(OCC[C@@H](C)Oc2ccc(C(F)(F)F)cc2-c2ccc(S(C)(=O)=O)cc2)ccc1CCC(=O)O. The lowest BCUT2D eigenvalue weighted by Gasteiger charge is -2.20. The fraction of sp³-hybridized carbons (Fsp3) is 0.345. The number of rotatable bonds is 12. The van der Waals surface area contributed by atoms with Crippen molar-refractivity contribution in [3.05, 3.63) is 77.4 Å². The van der Waals surface area contributed by atoms with Gasteiger partial charge in [0.05, 0.1) is 23.2 Å². The van der Waals surface area contributed by atoms with E-state index in [4.69, 9.17) is 14.6 Å². The fourth-order valence-electron chi connectivity index (χ4n) is 4.04. The van der Waals surface area contributed by atoms with Crippen LogP contribution in [0, 0.1) is 0 Å². The van der Waals surface area contributed by atoms with Gasteiger partial charge >= 0.3 is 12.1 Å². The van der Waals surface area contributed by atoms with Gasteiger partial charge in [0.1, 0.15) is 11.5 Å². The van der Waals surface area contributed by atoms with Crippen molar-refractivity contribution in [3.63, 3.8) is 0 Å². The third-order valence-corrected chi connectivity index (χ3v) is 7.32. The first-order chi connectivity index (χ1) is 18.3. The molecule has 0 spiro atoms. The number of halogens is 3. The fourth-order valence-corrected chi connectivity index (χ4v) is 4.67. The molecular weight excluding hydrogens is 533 g/mol. The predicted octanol–water partition coefficient (Wildman–Crippen LogP) is 6.59. The van der Waals surface area contributed by atoms with E-state index in [0.29, 0.717) is 24.2 Å². The van der Waals surface area contributed by atoms with Gasteiger partial charge in [-0.2, -0.15) is 13.2 Å². The van der Waals surface area contributed by atoms with E-state index in [-0.39, 0.29) is 29.2 Å². The van der Waals surface area contributed by atoms with Crippen LogP contribution >= 0.6 is 0 Å². The van der Waals surface area contributed by atoms with Gasteiger partial charge in [0.2, 0.25) is 0 Å². The normalized spacial score (nSPS) is 12.7. The highest BCUT2D eigenvalue weighted by atomic mass is 32.2. The lowest BCUT2D eigenvalue weighted by atomic mass is 10.0. The Labute approximate surface area is 226 Å². The average molecular weight is 565 g/mol. The molecule has 0 aliphatic heterocycles. The summed E-state index contributed by atoms with van der Waals surface area (Å²) in [7, 11) is -3.46. The molecule has 1 N–H and O–H groups in total.